The quantitative estimate of drug-likeness (QED) is 0.614. The number of nitrogens with zero attached hydrogens (tertiary/aromatic N) is 1. The van der Waals surface area contributed by atoms with Gasteiger partial charge in [0.25, 0.3) is 0 Å². The van der Waals surface area contributed by atoms with Crippen LogP contribution in [0.25, 0.3) is 0 Å². The minimum Gasteiger partial charge on any atom is -0.491 e. The van der Waals surface area contributed by atoms with Gasteiger partial charge in [0.1, 0.15) is 18.9 Å². The molecule has 5 nitrogen and oxygen atoms in total. The van der Waals surface area contributed by atoms with Crippen LogP contribution in [0, 0.1) is 17.3 Å². The van der Waals surface area contributed by atoms with Gasteiger partial charge < -0.3 is 9.47 Å². The molecule has 3 aliphatic carbocycles. The maximum absolute atomic E-state index is 12.4. The summed E-state index contributed by atoms with van der Waals surface area (Å²) in [6.45, 7) is 5.18. The zero-order valence-electron chi connectivity index (χ0n) is 15.4. The van der Waals surface area contributed by atoms with Crippen LogP contribution in [0.15, 0.2) is 35.9 Å². The molecule has 2 atom stereocenters. The number of hydrogen-bond donors (Lipinski definition) is 0. The van der Waals surface area contributed by atoms with Crippen molar-refractivity contribution in [2.75, 3.05) is 24.7 Å². The van der Waals surface area contributed by atoms with Crippen molar-refractivity contribution in [3.8, 4) is 5.75 Å². The van der Waals surface area contributed by atoms with Crippen molar-refractivity contribution in [1.29, 1.82) is 0 Å². The summed E-state index contributed by atoms with van der Waals surface area (Å²) in [4.78, 5) is 26.3. The Labute approximate surface area is 154 Å². The Morgan fingerprint density at radius 2 is 2.15 bits per heavy atom. The summed E-state index contributed by atoms with van der Waals surface area (Å²) >= 11 is 0. The SMILES string of the molecule is CC1(C)[C@H]2CC=C(COC(=O)CN3C(=O)CCOc4ccccc43)[C@@H]1C2. The molecule has 2 bridgehead atoms. The molecule has 1 heterocycles. The predicted octanol–water partition coefficient (Wildman–Crippen LogP) is 3.34. The van der Waals surface area contributed by atoms with Gasteiger partial charge >= 0.3 is 5.97 Å². The van der Waals surface area contributed by atoms with Crippen molar-refractivity contribution in [2.45, 2.75) is 33.1 Å². The molecule has 0 N–H and O–H groups in total. The minimum absolute atomic E-state index is 0.0802. The molecule has 0 radical (unpaired) electrons. The van der Waals surface area contributed by atoms with E-state index in [2.05, 4.69) is 19.9 Å². The first-order chi connectivity index (χ1) is 12.5. The minimum atomic E-state index is -0.379. The van der Waals surface area contributed by atoms with Crippen LogP contribution in [0.2, 0.25) is 0 Å². The fourth-order valence-corrected chi connectivity index (χ4v) is 4.47. The third kappa shape index (κ3) is 2.89. The van der Waals surface area contributed by atoms with Crippen LogP contribution in [0.1, 0.15) is 33.1 Å². The summed E-state index contributed by atoms with van der Waals surface area (Å²) in [7, 11) is 0. The number of para-hydroxylation sites is 2. The van der Waals surface area contributed by atoms with E-state index < -0.39 is 0 Å². The van der Waals surface area contributed by atoms with Crippen molar-refractivity contribution >= 4 is 17.6 Å². The first-order valence-electron chi connectivity index (χ1n) is 9.33. The third-order valence-electron chi connectivity index (χ3n) is 6.30. The number of allylic oxidation sites excluding steroid dienone is 1. The maximum atomic E-state index is 12.4. The van der Waals surface area contributed by atoms with Crippen LogP contribution in [-0.2, 0) is 14.3 Å². The zero-order valence-corrected chi connectivity index (χ0v) is 15.4. The largest absolute Gasteiger partial charge is 0.491 e. The number of carbonyl (C=O) groups excluding carboxylic acids is 2. The Bertz CT molecular complexity index is 767. The predicted molar refractivity (Wildman–Crippen MR) is 97.9 cm³/mol. The highest BCUT2D eigenvalue weighted by Gasteiger charge is 2.51. The highest BCUT2D eigenvalue weighted by molar-refractivity contribution is 5.99. The molecule has 1 aliphatic heterocycles. The first-order valence-corrected chi connectivity index (χ1v) is 9.33. The number of ether oxygens (including phenoxy) is 2. The molecule has 0 aromatic heterocycles. The van der Waals surface area contributed by atoms with E-state index in [1.54, 1.807) is 6.07 Å². The van der Waals surface area contributed by atoms with Crippen LogP contribution in [0.4, 0.5) is 5.69 Å². The molecular weight excluding hydrogens is 330 g/mol. The lowest BCUT2D eigenvalue weighted by Crippen LogP contribution is -2.49. The first kappa shape index (κ1) is 17.1. The summed E-state index contributed by atoms with van der Waals surface area (Å²) in [5, 5.41) is 0. The number of rotatable bonds is 4. The summed E-state index contributed by atoms with van der Waals surface area (Å²) in [5.74, 6) is 1.41. The Morgan fingerprint density at radius 1 is 1.35 bits per heavy atom. The van der Waals surface area contributed by atoms with Gasteiger partial charge in [0, 0.05) is 0 Å². The fraction of sp³-hybridized carbons (Fsp3) is 0.524. The van der Waals surface area contributed by atoms with Gasteiger partial charge in [0.05, 0.1) is 18.7 Å². The van der Waals surface area contributed by atoms with Crippen LogP contribution in [-0.4, -0.2) is 31.6 Å². The molecule has 5 heteroatoms. The molecule has 1 amide bonds. The van der Waals surface area contributed by atoms with Gasteiger partial charge in [0.15, 0.2) is 0 Å². The number of anilines is 1. The van der Waals surface area contributed by atoms with E-state index in [-0.39, 0.29) is 24.8 Å². The van der Waals surface area contributed by atoms with E-state index in [4.69, 9.17) is 9.47 Å². The monoisotopic (exact) mass is 355 g/mol. The lowest BCUT2D eigenvalue weighted by molar-refractivity contribution is -0.142. The second-order valence-corrected chi connectivity index (χ2v) is 8.03. The van der Waals surface area contributed by atoms with E-state index in [0.29, 0.717) is 36.0 Å². The van der Waals surface area contributed by atoms with Gasteiger partial charge in [-0.3, -0.25) is 14.5 Å². The van der Waals surface area contributed by atoms with E-state index in [9.17, 15) is 9.59 Å². The molecule has 1 aromatic rings. The second kappa shape index (κ2) is 6.45. The van der Waals surface area contributed by atoms with Gasteiger partial charge in [0.2, 0.25) is 5.91 Å². The molecule has 4 aliphatic rings. The summed E-state index contributed by atoms with van der Waals surface area (Å²) in [6, 6.07) is 7.30. The number of amides is 1. The molecule has 1 fully saturated rings. The second-order valence-electron chi connectivity index (χ2n) is 8.03. The molecule has 0 saturated heterocycles. The highest BCUT2D eigenvalue weighted by atomic mass is 16.5. The van der Waals surface area contributed by atoms with Gasteiger partial charge in [-0.2, -0.15) is 0 Å². The van der Waals surface area contributed by atoms with Crippen LogP contribution in [0.3, 0.4) is 0 Å². The molecule has 26 heavy (non-hydrogen) atoms. The smallest absolute Gasteiger partial charge is 0.326 e. The lowest BCUT2D eigenvalue weighted by Gasteiger charge is -2.56. The van der Waals surface area contributed by atoms with Gasteiger partial charge in [-0.15, -0.1) is 0 Å². The Balaban J connectivity index is 1.40. The highest BCUT2D eigenvalue weighted by Crippen LogP contribution is 2.59. The molecule has 1 aromatic carbocycles. The van der Waals surface area contributed by atoms with E-state index in [1.165, 1.54) is 16.9 Å². The third-order valence-corrected chi connectivity index (χ3v) is 6.30. The molecule has 0 spiro atoms. The normalized spacial score (nSPS) is 26.0. The van der Waals surface area contributed by atoms with E-state index in [0.717, 1.165) is 12.3 Å². The fourth-order valence-electron chi connectivity index (χ4n) is 4.47. The van der Waals surface area contributed by atoms with Crippen molar-refractivity contribution in [1.82, 2.24) is 0 Å². The summed E-state index contributed by atoms with van der Waals surface area (Å²) in [5.41, 5.74) is 2.18. The molecule has 5 rings (SSSR count). The molecule has 1 saturated carbocycles. The average Bonchev–Trinajstić information content (AvgIpc) is 2.79. The summed E-state index contributed by atoms with van der Waals surface area (Å²) in [6.07, 6.45) is 4.76. The van der Waals surface area contributed by atoms with Crippen molar-refractivity contribution < 1.29 is 19.1 Å². The van der Waals surface area contributed by atoms with E-state index in [1.807, 2.05) is 18.2 Å². The van der Waals surface area contributed by atoms with Crippen molar-refractivity contribution in [2.24, 2.45) is 17.3 Å². The summed E-state index contributed by atoms with van der Waals surface area (Å²) < 4.78 is 11.1. The lowest BCUT2D eigenvalue weighted by atomic mass is 9.49. The Kier molecular flexibility index (Phi) is 4.25. The number of benzene rings is 1. The van der Waals surface area contributed by atoms with Crippen molar-refractivity contribution in [3.63, 3.8) is 0 Å². The Morgan fingerprint density at radius 3 is 2.92 bits per heavy atom. The van der Waals surface area contributed by atoms with Gasteiger partial charge in [-0.1, -0.05) is 32.1 Å². The molecule has 0 unspecified atom stereocenters. The van der Waals surface area contributed by atoms with Crippen LogP contribution >= 0.6 is 0 Å². The number of carbonyl (C=O) groups is 2. The van der Waals surface area contributed by atoms with Crippen LogP contribution in [0.5, 0.6) is 5.75 Å². The van der Waals surface area contributed by atoms with Gasteiger partial charge in [-0.05, 0) is 47.8 Å². The number of fused-ring (bicyclic) bond motifs is 2. The Hall–Kier alpha value is -2.30. The molecular formula is C21H25NO4. The van der Waals surface area contributed by atoms with Crippen molar-refractivity contribution in [3.05, 3.63) is 35.9 Å². The number of esters is 1. The van der Waals surface area contributed by atoms with Crippen LogP contribution < -0.4 is 9.64 Å². The van der Waals surface area contributed by atoms with Gasteiger partial charge in [-0.25, -0.2) is 0 Å². The van der Waals surface area contributed by atoms with E-state index >= 15 is 0 Å². The maximum Gasteiger partial charge on any atom is 0.326 e. The standard InChI is InChI=1S/C21H25NO4/c1-21(2)15-8-7-14(16(21)11-15)13-26-20(24)12-22-17-5-3-4-6-18(17)25-10-9-19(22)23/h3-7,15-16H,8-13H2,1-2H3/t15-,16-/m0/s1. The average molecular weight is 355 g/mol. The zero-order chi connectivity index (χ0) is 18.3. The molecule has 138 valence electrons. The number of hydrogen-bond acceptors (Lipinski definition) is 4. The topological polar surface area (TPSA) is 55.8 Å².